The zero-order valence-electron chi connectivity index (χ0n) is 8.89. The molecular weight excluding hydrogens is 194 g/mol. The third-order valence-electron chi connectivity index (χ3n) is 1.96. The van der Waals surface area contributed by atoms with E-state index >= 15 is 0 Å². The Kier molecular flexibility index (Phi) is 5.84. The molecule has 1 rings (SSSR count). The van der Waals surface area contributed by atoms with Crippen molar-refractivity contribution in [1.82, 2.24) is 15.3 Å². The molecule has 1 aromatic rings. The van der Waals surface area contributed by atoms with Crippen LogP contribution >= 0.6 is 0 Å². The largest absolute Gasteiger partial charge is 0.394 e. The summed E-state index contributed by atoms with van der Waals surface area (Å²) in [6, 6.07) is 0.163. The lowest BCUT2D eigenvalue weighted by molar-refractivity contribution is 0.0928. The Morgan fingerprint density at radius 2 is 2.33 bits per heavy atom. The molecule has 0 saturated heterocycles. The van der Waals surface area contributed by atoms with E-state index in [0.29, 0.717) is 13.2 Å². The van der Waals surface area contributed by atoms with Crippen LogP contribution in [-0.4, -0.2) is 41.4 Å². The molecule has 0 aromatic carbocycles. The quantitative estimate of drug-likeness (QED) is 0.628. The number of aliphatic hydroxyl groups excluding tert-OH is 1. The van der Waals surface area contributed by atoms with Crippen molar-refractivity contribution in [2.24, 2.45) is 0 Å². The number of rotatable bonds is 7. The lowest BCUT2D eigenvalue weighted by Crippen LogP contribution is -2.24. The zero-order chi connectivity index (χ0) is 10.9. The molecule has 0 aliphatic carbocycles. The van der Waals surface area contributed by atoms with Gasteiger partial charge < -0.3 is 15.2 Å². The normalized spacial score (nSPS) is 12.7. The van der Waals surface area contributed by atoms with Gasteiger partial charge in [0.05, 0.1) is 25.5 Å². The summed E-state index contributed by atoms with van der Waals surface area (Å²) in [7, 11) is 0. The number of ether oxygens (including phenoxy) is 1. The number of nitrogens with zero attached hydrogens (tertiary/aromatic N) is 2. The first-order valence-electron chi connectivity index (χ1n) is 5.02. The van der Waals surface area contributed by atoms with Crippen molar-refractivity contribution < 1.29 is 9.84 Å². The maximum atomic E-state index is 8.49. The third-order valence-corrected chi connectivity index (χ3v) is 1.96. The molecule has 0 aliphatic heterocycles. The van der Waals surface area contributed by atoms with E-state index in [-0.39, 0.29) is 12.6 Å². The first-order chi connectivity index (χ1) is 7.34. The molecule has 1 heterocycles. The van der Waals surface area contributed by atoms with Gasteiger partial charge in [0.2, 0.25) is 0 Å². The van der Waals surface area contributed by atoms with Gasteiger partial charge in [-0.2, -0.15) is 0 Å². The number of hydrogen-bond acceptors (Lipinski definition) is 5. The van der Waals surface area contributed by atoms with Crippen LogP contribution in [0.15, 0.2) is 18.6 Å². The second-order valence-corrected chi connectivity index (χ2v) is 3.14. The second kappa shape index (κ2) is 7.28. The summed E-state index contributed by atoms with van der Waals surface area (Å²) in [4.78, 5) is 8.18. The third kappa shape index (κ3) is 4.83. The Balaban J connectivity index is 2.16. The molecule has 0 saturated carbocycles. The standard InChI is InChI=1S/C10H17N3O2/c1-9(10-8-11-2-3-13-10)12-4-6-15-7-5-14/h2-3,8-9,12,14H,4-7H2,1H3. The van der Waals surface area contributed by atoms with Crippen molar-refractivity contribution in [3.63, 3.8) is 0 Å². The van der Waals surface area contributed by atoms with E-state index in [1.165, 1.54) is 0 Å². The fraction of sp³-hybridized carbons (Fsp3) is 0.600. The summed E-state index contributed by atoms with van der Waals surface area (Å²) in [6.45, 7) is 3.81. The van der Waals surface area contributed by atoms with E-state index in [1.54, 1.807) is 18.6 Å². The molecule has 1 unspecified atom stereocenters. The second-order valence-electron chi connectivity index (χ2n) is 3.14. The van der Waals surface area contributed by atoms with Gasteiger partial charge in [-0.1, -0.05) is 0 Å². The van der Waals surface area contributed by atoms with Crippen LogP contribution in [0.2, 0.25) is 0 Å². The fourth-order valence-electron chi connectivity index (χ4n) is 1.15. The Labute approximate surface area is 89.5 Å². The molecule has 1 atom stereocenters. The Hall–Kier alpha value is -1.04. The van der Waals surface area contributed by atoms with Crippen molar-refractivity contribution in [3.05, 3.63) is 24.3 Å². The number of hydrogen-bond donors (Lipinski definition) is 2. The summed E-state index contributed by atoms with van der Waals surface area (Å²) in [5.74, 6) is 0. The maximum absolute atomic E-state index is 8.49. The van der Waals surface area contributed by atoms with E-state index in [9.17, 15) is 0 Å². The number of nitrogens with one attached hydrogen (secondary N) is 1. The van der Waals surface area contributed by atoms with Gasteiger partial charge in [-0.3, -0.25) is 9.97 Å². The van der Waals surface area contributed by atoms with Crippen molar-refractivity contribution in [2.45, 2.75) is 13.0 Å². The van der Waals surface area contributed by atoms with Crippen LogP contribution < -0.4 is 5.32 Å². The molecule has 0 bridgehead atoms. The summed E-state index contributed by atoms with van der Waals surface area (Å²) in [6.07, 6.45) is 5.07. The van der Waals surface area contributed by atoms with Crippen LogP contribution in [0, 0.1) is 0 Å². The maximum Gasteiger partial charge on any atom is 0.0753 e. The predicted molar refractivity (Wildman–Crippen MR) is 56.4 cm³/mol. The van der Waals surface area contributed by atoms with Gasteiger partial charge in [-0.25, -0.2) is 0 Å². The molecule has 1 aromatic heterocycles. The Morgan fingerprint density at radius 3 is 3.00 bits per heavy atom. The van der Waals surface area contributed by atoms with Gasteiger partial charge in [-0.05, 0) is 6.92 Å². The fourth-order valence-corrected chi connectivity index (χ4v) is 1.15. The van der Waals surface area contributed by atoms with Crippen molar-refractivity contribution in [2.75, 3.05) is 26.4 Å². The summed E-state index contributed by atoms with van der Waals surface area (Å²) in [5, 5.41) is 11.7. The van der Waals surface area contributed by atoms with Gasteiger partial charge >= 0.3 is 0 Å². The summed E-state index contributed by atoms with van der Waals surface area (Å²) in [5.41, 5.74) is 0.916. The van der Waals surface area contributed by atoms with Crippen LogP contribution in [0.4, 0.5) is 0 Å². The molecule has 5 heteroatoms. The number of aromatic nitrogens is 2. The van der Waals surface area contributed by atoms with Crippen LogP contribution in [-0.2, 0) is 4.74 Å². The van der Waals surface area contributed by atoms with E-state index in [4.69, 9.17) is 9.84 Å². The van der Waals surface area contributed by atoms with E-state index in [2.05, 4.69) is 15.3 Å². The number of aliphatic hydroxyl groups is 1. The average Bonchev–Trinajstić information content (AvgIpc) is 2.30. The van der Waals surface area contributed by atoms with E-state index < -0.39 is 0 Å². The van der Waals surface area contributed by atoms with Gasteiger partial charge in [0, 0.05) is 31.2 Å². The van der Waals surface area contributed by atoms with Gasteiger partial charge in [0.1, 0.15) is 0 Å². The van der Waals surface area contributed by atoms with Crippen LogP contribution in [0.25, 0.3) is 0 Å². The first kappa shape index (κ1) is 12.0. The highest BCUT2D eigenvalue weighted by Gasteiger charge is 2.04. The smallest absolute Gasteiger partial charge is 0.0753 e. The highest BCUT2D eigenvalue weighted by Crippen LogP contribution is 2.05. The SMILES string of the molecule is CC(NCCOCCO)c1cnccn1. The highest BCUT2D eigenvalue weighted by molar-refractivity contribution is 5.00. The molecule has 84 valence electrons. The van der Waals surface area contributed by atoms with Crippen LogP contribution in [0.3, 0.4) is 0 Å². The topological polar surface area (TPSA) is 67.3 Å². The van der Waals surface area contributed by atoms with Crippen molar-refractivity contribution in [1.29, 1.82) is 0 Å². The van der Waals surface area contributed by atoms with Crippen molar-refractivity contribution >= 4 is 0 Å². The highest BCUT2D eigenvalue weighted by atomic mass is 16.5. The van der Waals surface area contributed by atoms with Crippen molar-refractivity contribution in [3.8, 4) is 0 Å². The average molecular weight is 211 g/mol. The van der Waals surface area contributed by atoms with Crippen LogP contribution in [0.5, 0.6) is 0 Å². The molecule has 0 amide bonds. The molecule has 0 fully saturated rings. The Bertz CT molecular complexity index is 256. The monoisotopic (exact) mass is 211 g/mol. The van der Waals surface area contributed by atoms with Crippen LogP contribution in [0.1, 0.15) is 18.7 Å². The summed E-state index contributed by atoms with van der Waals surface area (Å²) >= 11 is 0. The lowest BCUT2D eigenvalue weighted by atomic mass is 10.2. The van der Waals surface area contributed by atoms with E-state index in [0.717, 1.165) is 12.2 Å². The molecule has 15 heavy (non-hydrogen) atoms. The minimum atomic E-state index is 0.0692. The van der Waals surface area contributed by atoms with E-state index in [1.807, 2.05) is 6.92 Å². The lowest BCUT2D eigenvalue weighted by Gasteiger charge is -2.12. The first-order valence-corrected chi connectivity index (χ1v) is 5.02. The van der Waals surface area contributed by atoms with Gasteiger partial charge in [0.15, 0.2) is 0 Å². The molecule has 0 spiro atoms. The van der Waals surface area contributed by atoms with Gasteiger partial charge in [-0.15, -0.1) is 0 Å². The molecule has 0 aliphatic rings. The predicted octanol–water partition coefficient (Wildman–Crippen LogP) is 0.136. The minimum absolute atomic E-state index is 0.0692. The zero-order valence-corrected chi connectivity index (χ0v) is 8.89. The molecule has 2 N–H and O–H groups in total. The minimum Gasteiger partial charge on any atom is -0.394 e. The molecular formula is C10H17N3O2. The summed E-state index contributed by atoms with van der Waals surface area (Å²) < 4.78 is 5.12. The molecule has 5 nitrogen and oxygen atoms in total. The molecule has 0 radical (unpaired) electrons. The van der Waals surface area contributed by atoms with Gasteiger partial charge in [0.25, 0.3) is 0 Å². The Morgan fingerprint density at radius 1 is 1.47 bits per heavy atom.